The predicted octanol–water partition coefficient (Wildman–Crippen LogP) is 3.82. The van der Waals surface area contributed by atoms with Gasteiger partial charge in [-0.25, -0.2) is 7.05 Å². The van der Waals surface area contributed by atoms with E-state index >= 15 is 0 Å². The third kappa shape index (κ3) is 4.10. The van der Waals surface area contributed by atoms with Crippen molar-refractivity contribution in [2.24, 2.45) is 0 Å². The molecule has 1 unspecified atom stereocenters. The second-order valence-corrected chi connectivity index (χ2v) is 5.63. The maximum Gasteiger partial charge on any atom is 0.118 e. The highest BCUT2D eigenvalue weighted by Crippen LogP contribution is 2.18. The van der Waals surface area contributed by atoms with Gasteiger partial charge in [-0.05, 0) is 31.2 Å². The molecule has 1 radical (unpaired) electrons. The fourth-order valence-electron chi connectivity index (χ4n) is 2.31. The Bertz CT molecular complexity index is 541. The highest BCUT2D eigenvalue weighted by molar-refractivity contribution is 5.26. The standard InChI is InChI=1S/C18H22NO/c1-15-5-7-16(8-6-15)13-19(2,3)14-17-9-11-18(20-4)12-10-17/h2,5-12H,13-14H2,1,3-4H3. The molecule has 0 aliphatic carbocycles. The lowest BCUT2D eigenvalue weighted by Gasteiger charge is -2.40. The van der Waals surface area contributed by atoms with Crippen molar-refractivity contribution in [2.75, 3.05) is 14.2 Å². The van der Waals surface area contributed by atoms with Crippen LogP contribution >= 0.6 is 0 Å². The number of ether oxygens (including phenoxy) is 1. The zero-order valence-corrected chi connectivity index (χ0v) is 12.5. The predicted molar refractivity (Wildman–Crippen MR) is 82.1 cm³/mol. The third-order valence-corrected chi connectivity index (χ3v) is 3.37. The molecule has 0 bridgehead atoms. The van der Waals surface area contributed by atoms with Crippen LogP contribution in [0.25, 0.3) is 0 Å². The number of rotatable bonds is 5. The number of hydrogen-bond donors (Lipinski definition) is 0. The van der Waals surface area contributed by atoms with Crippen molar-refractivity contribution in [3.05, 3.63) is 72.3 Å². The molecule has 0 aliphatic rings. The van der Waals surface area contributed by atoms with Gasteiger partial charge in [0, 0.05) is 18.2 Å². The Morgan fingerprint density at radius 1 is 0.900 bits per heavy atom. The molecular weight excluding hydrogens is 246 g/mol. The minimum absolute atomic E-state index is 0.440. The Morgan fingerprint density at radius 3 is 1.80 bits per heavy atom. The van der Waals surface area contributed by atoms with E-state index in [1.807, 2.05) is 19.2 Å². The minimum atomic E-state index is 0.440. The van der Waals surface area contributed by atoms with Crippen LogP contribution in [0.5, 0.6) is 5.75 Å². The summed E-state index contributed by atoms with van der Waals surface area (Å²) in [5, 5.41) is 0. The normalized spacial score (nSPS) is 13.8. The third-order valence-electron chi connectivity index (χ3n) is 3.37. The molecule has 105 valence electrons. The first-order valence-corrected chi connectivity index (χ1v) is 6.80. The van der Waals surface area contributed by atoms with E-state index in [1.165, 1.54) is 16.7 Å². The van der Waals surface area contributed by atoms with Gasteiger partial charge in [-0.1, -0.05) is 29.8 Å². The molecule has 0 aromatic heterocycles. The van der Waals surface area contributed by atoms with Crippen molar-refractivity contribution in [1.82, 2.24) is 0 Å². The molecule has 20 heavy (non-hydrogen) atoms. The summed E-state index contributed by atoms with van der Waals surface area (Å²) >= 11 is 0. The van der Waals surface area contributed by atoms with Gasteiger partial charge in [-0.3, -0.25) is 0 Å². The molecule has 0 aliphatic heterocycles. The molecule has 0 N–H and O–H groups in total. The van der Waals surface area contributed by atoms with Crippen molar-refractivity contribution >= 4 is 0 Å². The van der Waals surface area contributed by atoms with Crippen molar-refractivity contribution in [3.8, 4) is 5.75 Å². The molecule has 0 heterocycles. The SMILES string of the molecule is [CH-][N+](C)(Cc1ccc(C)cc1)Cc1ccc(OC)cc1. The number of hydrogen-bond acceptors (Lipinski definition) is 1. The monoisotopic (exact) mass is 268 g/mol. The average Bonchev–Trinajstić information content (AvgIpc) is 2.41. The van der Waals surface area contributed by atoms with E-state index in [1.54, 1.807) is 7.11 Å². The van der Waals surface area contributed by atoms with Crippen LogP contribution in [0.15, 0.2) is 48.5 Å². The largest absolute Gasteiger partial charge is 0.497 e. The molecular formula is C18H22NO. The quantitative estimate of drug-likeness (QED) is 0.591. The average molecular weight is 268 g/mol. The smallest absolute Gasteiger partial charge is 0.118 e. The van der Waals surface area contributed by atoms with Gasteiger partial charge in [0.1, 0.15) is 5.75 Å². The zero-order valence-electron chi connectivity index (χ0n) is 12.5. The van der Waals surface area contributed by atoms with E-state index in [0.29, 0.717) is 4.48 Å². The first kappa shape index (κ1) is 14.6. The Balaban J connectivity index is 2.03. The van der Waals surface area contributed by atoms with Crippen LogP contribution in [0.4, 0.5) is 0 Å². The highest BCUT2D eigenvalue weighted by Gasteiger charge is 2.10. The van der Waals surface area contributed by atoms with Crippen molar-refractivity contribution in [3.63, 3.8) is 0 Å². The van der Waals surface area contributed by atoms with E-state index in [4.69, 9.17) is 11.8 Å². The summed E-state index contributed by atoms with van der Waals surface area (Å²) in [7, 11) is 10.1. The highest BCUT2D eigenvalue weighted by atomic mass is 16.5. The molecule has 0 fully saturated rings. The lowest BCUT2D eigenvalue weighted by molar-refractivity contribution is -0.893. The topological polar surface area (TPSA) is 9.23 Å². The van der Waals surface area contributed by atoms with Crippen molar-refractivity contribution in [2.45, 2.75) is 20.0 Å². The van der Waals surface area contributed by atoms with E-state index in [-0.39, 0.29) is 0 Å². The summed E-state index contributed by atoms with van der Waals surface area (Å²) in [6, 6.07) is 16.6. The van der Waals surface area contributed by atoms with E-state index in [9.17, 15) is 0 Å². The molecule has 0 amide bonds. The van der Waals surface area contributed by atoms with Crippen LogP contribution in [0.2, 0.25) is 0 Å². The molecule has 1 atom stereocenters. The lowest BCUT2D eigenvalue weighted by Crippen LogP contribution is -2.35. The molecule has 2 heteroatoms. The molecule has 0 saturated carbocycles. The molecule has 0 spiro atoms. The molecule has 0 saturated heterocycles. The first-order valence-electron chi connectivity index (χ1n) is 6.80. The Kier molecular flexibility index (Phi) is 4.46. The van der Waals surface area contributed by atoms with Crippen LogP contribution < -0.4 is 4.74 Å². The summed E-state index contributed by atoms with van der Waals surface area (Å²) < 4.78 is 5.61. The Hall–Kier alpha value is -1.80. The van der Waals surface area contributed by atoms with Crippen molar-refractivity contribution < 1.29 is 9.22 Å². The van der Waals surface area contributed by atoms with E-state index in [2.05, 4.69) is 43.3 Å². The van der Waals surface area contributed by atoms with E-state index < -0.39 is 0 Å². The fourth-order valence-corrected chi connectivity index (χ4v) is 2.31. The van der Waals surface area contributed by atoms with Gasteiger partial charge in [0.25, 0.3) is 0 Å². The van der Waals surface area contributed by atoms with Crippen LogP contribution in [0.1, 0.15) is 16.7 Å². The summed E-state index contributed by atoms with van der Waals surface area (Å²) in [6.07, 6.45) is 0. The van der Waals surface area contributed by atoms with E-state index in [0.717, 1.165) is 18.8 Å². The van der Waals surface area contributed by atoms with Gasteiger partial charge >= 0.3 is 0 Å². The zero-order chi connectivity index (χ0) is 14.6. The first-order chi connectivity index (χ1) is 9.48. The molecule has 2 aromatic rings. The van der Waals surface area contributed by atoms with Crippen molar-refractivity contribution in [1.29, 1.82) is 0 Å². The van der Waals surface area contributed by atoms with Crippen LogP contribution in [-0.4, -0.2) is 18.6 Å². The number of nitrogens with zero attached hydrogens (tertiary/aromatic N) is 1. The minimum Gasteiger partial charge on any atom is -0.497 e. The maximum atomic E-state index is 6.40. The molecule has 2 rings (SSSR count). The van der Waals surface area contributed by atoms with Gasteiger partial charge in [-0.15, -0.1) is 0 Å². The van der Waals surface area contributed by atoms with Crippen LogP contribution in [0, 0.1) is 14.0 Å². The summed E-state index contributed by atoms with van der Waals surface area (Å²) in [6.45, 7) is 3.70. The van der Waals surface area contributed by atoms with Gasteiger partial charge < -0.3 is 9.22 Å². The number of benzene rings is 2. The second kappa shape index (κ2) is 6.10. The second-order valence-electron chi connectivity index (χ2n) is 5.63. The summed E-state index contributed by atoms with van der Waals surface area (Å²) in [4.78, 5) is 0. The lowest BCUT2D eigenvalue weighted by atomic mass is 10.1. The van der Waals surface area contributed by atoms with Gasteiger partial charge in [0.2, 0.25) is 0 Å². The Labute approximate surface area is 122 Å². The molecule has 2 nitrogen and oxygen atoms in total. The van der Waals surface area contributed by atoms with Crippen LogP contribution in [0.3, 0.4) is 0 Å². The molecule has 2 aromatic carbocycles. The van der Waals surface area contributed by atoms with Gasteiger partial charge in [0.05, 0.1) is 20.2 Å². The number of quaternary nitrogens is 1. The van der Waals surface area contributed by atoms with Gasteiger partial charge in [-0.2, -0.15) is 0 Å². The number of aryl methyl sites for hydroxylation is 1. The number of methoxy groups -OCH3 is 1. The van der Waals surface area contributed by atoms with Crippen LogP contribution in [-0.2, 0) is 13.1 Å². The maximum absolute atomic E-state index is 6.40. The summed E-state index contributed by atoms with van der Waals surface area (Å²) in [5.41, 5.74) is 3.74. The van der Waals surface area contributed by atoms with Gasteiger partial charge in [0.15, 0.2) is 0 Å². The summed E-state index contributed by atoms with van der Waals surface area (Å²) in [5.74, 6) is 0.874. The Morgan fingerprint density at radius 2 is 1.35 bits per heavy atom. The fraction of sp³-hybridized carbons (Fsp3) is 0.278.